The van der Waals surface area contributed by atoms with Crippen LogP contribution in [-0.2, 0) is 0 Å². The maximum atomic E-state index is 11.9. The van der Waals surface area contributed by atoms with E-state index in [9.17, 15) is 4.79 Å². The first-order valence-corrected chi connectivity index (χ1v) is 11.8. The summed E-state index contributed by atoms with van der Waals surface area (Å²) >= 11 is 5.83. The van der Waals surface area contributed by atoms with Crippen LogP contribution in [0.2, 0.25) is 5.02 Å². The van der Waals surface area contributed by atoms with Crippen LogP contribution in [0.1, 0.15) is 114 Å². The lowest BCUT2D eigenvalue weighted by atomic mass is 10.0. The average Bonchev–Trinajstić information content (AvgIpc) is 2.70. The van der Waals surface area contributed by atoms with Crippen molar-refractivity contribution in [3.8, 4) is 0 Å². The van der Waals surface area contributed by atoms with Gasteiger partial charge in [-0.15, -0.1) is 0 Å². The number of benzene rings is 1. The number of halogens is 1. The third-order valence-electron chi connectivity index (χ3n) is 5.16. The average molecular weight is 406 g/mol. The fourth-order valence-corrected chi connectivity index (χ4v) is 3.49. The summed E-state index contributed by atoms with van der Waals surface area (Å²) in [7, 11) is 0. The monoisotopic (exact) mass is 405 g/mol. The minimum Gasteiger partial charge on any atom is -0.329 e. The summed E-state index contributed by atoms with van der Waals surface area (Å²) in [5, 5.41) is 3.45. The molecule has 158 valence electrons. The van der Waals surface area contributed by atoms with Crippen LogP contribution in [-0.4, -0.2) is 5.91 Å². The van der Waals surface area contributed by atoms with Crippen molar-refractivity contribution in [2.24, 2.45) is 0 Å². The number of allylic oxidation sites excluding steroid dienone is 1. The van der Waals surface area contributed by atoms with E-state index in [-0.39, 0.29) is 5.91 Å². The zero-order valence-electron chi connectivity index (χ0n) is 17.9. The molecule has 1 aromatic carbocycles. The summed E-state index contributed by atoms with van der Waals surface area (Å²) in [6.45, 7) is 2.28. The van der Waals surface area contributed by atoms with Crippen LogP contribution in [0.4, 0.5) is 0 Å². The summed E-state index contributed by atoms with van der Waals surface area (Å²) in [4.78, 5) is 11.9. The molecule has 3 heteroatoms. The largest absolute Gasteiger partial charge is 0.329 e. The van der Waals surface area contributed by atoms with E-state index < -0.39 is 0 Å². The van der Waals surface area contributed by atoms with E-state index in [1.54, 1.807) is 30.5 Å². The van der Waals surface area contributed by atoms with Crippen LogP contribution in [0.15, 0.2) is 36.5 Å². The lowest BCUT2D eigenvalue weighted by molar-refractivity contribution is 0.0970. The second-order valence-corrected chi connectivity index (χ2v) is 8.20. The highest BCUT2D eigenvalue weighted by molar-refractivity contribution is 6.30. The highest BCUT2D eigenvalue weighted by Gasteiger charge is 2.01. The summed E-state index contributed by atoms with van der Waals surface area (Å²) in [6.07, 6.45) is 24.2. The van der Waals surface area contributed by atoms with Gasteiger partial charge in [0.15, 0.2) is 0 Å². The van der Waals surface area contributed by atoms with Gasteiger partial charge in [-0.25, -0.2) is 0 Å². The Morgan fingerprint density at radius 2 is 1.25 bits per heavy atom. The molecular formula is C25H40ClNO. The molecular weight excluding hydrogens is 366 g/mol. The number of carbonyl (C=O) groups excluding carboxylic acids is 1. The second-order valence-electron chi connectivity index (χ2n) is 7.77. The Morgan fingerprint density at radius 3 is 1.75 bits per heavy atom. The van der Waals surface area contributed by atoms with Gasteiger partial charge in [-0.2, -0.15) is 0 Å². The van der Waals surface area contributed by atoms with Crippen LogP contribution in [0.25, 0.3) is 0 Å². The first kappa shape index (κ1) is 24.8. The predicted molar refractivity (Wildman–Crippen MR) is 123 cm³/mol. The summed E-state index contributed by atoms with van der Waals surface area (Å²) in [5.41, 5.74) is 0.630. The minimum absolute atomic E-state index is 0.0890. The van der Waals surface area contributed by atoms with Crippen LogP contribution in [0.5, 0.6) is 0 Å². The Morgan fingerprint density at radius 1 is 0.786 bits per heavy atom. The third-order valence-corrected chi connectivity index (χ3v) is 5.42. The van der Waals surface area contributed by atoms with Gasteiger partial charge in [0.1, 0.15) is 0 Å². The Bertz CT molecular complexity index is 524. The summed E-state index contributed by atoms with van der Waals surface area (Å²) in [6, 6.07) is 6.93. The molecule has 0 bridgehead atoms. The number of unbranched alkanes of at least 4 members (excludes halogenated alkanes) is 14. The van der Waals surface area contributed by atoms with Gasteiger partial charge in [0.25, 0.3) is 5.91 Å². The maximum absolute atomic E-state index is 11.9. The molecule has 0 aliphatic heterocycles. The van der Waals surface area contributed by atoms with Crippen LogP contribution in [0, 0.1) is 0 Å². The van der Waals surface area contributed by atoms with E-state index in [0.717, 1.165) is 6.42 Å². The quantitative estimate of drug-likeness (QED) is 0.259. The zero-order valence-corrected chi connectivity index (χ0v) is 18.6. The smallest absolute Gasteiger partial charge is 0.255 e. The van der Waals surface area contributed by atoms with Gasteiger partial charge < -0.3 is 5.32 Å². The van der Waals surface area contributed by atoms with Crippen molar-refractivity contribution in [3.63, 3.8) is 0 Å². The second kappa shape index (κ2) is 17.8. The molecule has 0 saturated heterocycles. The van der Waals surface area contributed by atoms with Crippen molar-refractivity contribution in [2.45, 2.75) is 103 Å². The molecule has 1 N–H and O–H groups in total. The molecule has 0 aromatic heterocycles. The first-order valence-electron chi connectivity index (χ1n) is 11.5. The molecule has 2 nitrogen and oxygen atoms in total. The molecule has 0 saturated carbocycles. The fraction of sp³-hybridized carbons (Fsp3) is 0.640. The van der Waals surface area contributed by atoms with Crippen molar-refractivity contribution in [1.82, 2.24) is 5.32 Å². The molecule has 0 atom stereocenters. The van der Waals surface area contributed by atoms with Gasteiger partial charge in [0.2, 0.25) is 0 Å². The topological polar surface area (TPSA) is 29.1 Å². The van der Waals surface area contributed by atoms with Crippen molar-refractivity contribution < 1.29 is 4.79 Å². The molecule has 0 aliphatic carbocycles. The molecule has 0 aliphatic rings. The molecule has 1 amide bonds. The van der Waals surface area contributed by atoms with Gasteiger partial charge in [-0.05, 0) is 37.1 Å². The summed E-state index contributed by atoms with van der Waals surface area (Å²) < 4.78 is 0. The molecule has 0 spiro atoms. The van der Waals surface area contributed by atoms with Gasteiger partial charge in [-0.1, -0.05) is 108 Å². The number of nitrogens with one attached hydrogen (secondary N) is 1. The van der Waals surface area contributed by atoms with E-state index in [0.29, 0.717) is 10.6 Å². The van der Waals surface area contributed by atoms with Gasteiger partial charge >= 0.3 is 0 Å². The Balaban J connectivity index is 1.84. The lowest BCUT2D eigenvalue weighted by Crippen LogP contribution is -2.16. The Labute approximate surface area is 178 Å². The first-order chi connectivity index (χ1) is 13.7. The number of hydrogen-bond donors (Lipinski definition) is 1. The standard InChI is InChI=1S/C25H40ClNO/c1-2-3-4-5-6-7-8-9-10-11-12-13-14-15-16-17-22-27-25(28)23-18-20-24(26)21-19-23/h17-22H,2-16H2,1H3,(H,27,28). The minimum atomic E-state index is -0.0890. The highest BCUT2D eigenvalue weighted by Crippen LogP contribution is 2.13. The Kier molecular flexibility index (Phi) is 15.7. The van der Waals surface area contributed by atoms with Crippen LogP contribution in [0.3, 0.4) is 0 Å². The van der Waals surface area contributed by atoms with Gasteiger partial charge in [0.05, 0.1) is 0 Å². The number of hydrogen-bond acceptors (Lipinski definition) is 1. The summed E-state index contributed by atoms with van der Waals surface area (Å²) in [5.74, 6) is -0.0890. The molecule has 0 heterocycles. The van der Waals surface area contributed by atoms with Crippen LogP contribution < -0.4 is 5.32 Å². The van der Waals surface area contributed by atoms with E-state index >= 15 is 0 Å². The number of amides is 1. The molecule has 1 rings (SSSR count). The number of rotatable bonds is 17. The molecule has 0 unspecified atom stereocenters. The van der Waals surface area contributed by atoms with Crippen molar-refractivity contribution in [2.75, 3.05) is 0 Å². The normalized spacial score (nSPS) is 11.2. The van der Waals surface area contributed by atoms with E-state index in [1.165, 1.54) is 89.9 Å². The molecule has 1 aromatic rings. The van der Waals surface area contributed by atoms with Gasteiger partial charge in [0, 0.05) is 16.8 Å². The number of carbonyl (C=O) groups is 1. The van der Waals surface area contributed by atoms with Crippen molar-refractivity contribution in [1.29, 1.82) is 0 Å². The zero-order chi connectivity index (χ0) is 20.3. The van der Waals surface area contributed by atoms with E-state index in [4.69, 9.17) is 11.6 Å². The predicted octanol–water partition coefficient (Wildman–Crippen LogP) is 8.45. The van der Waals surface area contributed by atoms with E-state index in [2.05, 4.69) is 12.2 Å². The molecule has 0 radical (unpaired) electrons. The fourth-order valence-electron chi connectivity index (χ4n) is 3.36. The van der Waals surface area contributed by atoms with Crippen molar-refractivity contribution >= 4 is 17.5 Å². The SMILES string of the molecule is CCCCCCCCCCCCCCCCC=CNC(=O)c1ccc(Cl)cc1. The van der Waals surface area contributed by atoms with Crippen molar-refractivity contribution in [3.05, 3.63) is 47.1 Å². The highest BCUT2D eigenvalue weighted by atomic mass is 35.5. The van der Waals surface area contributed by atoms with E-state index in [1.807, 2.05) is 6.08 Å². The third kappa shape index (κ3) is 13.8. The molecule has 28 heavy (non-hydrogen) atoms. The maximum Gasteiger partial charge on any atom is 0.255 e. The van der Waals surface area contributed by atoms with Gasteiger partial charge in [-0.3, -0.25) is 4.79 Å². The van der Waals surface area contributed by atoms with Crippen LogP contribution >= 0.6 is 11.6 Å². The molecule has 0 fully saturated rings. The lowest BCUT2D eigenvalue weighted by Gasteiger charge is -2.03. The Hall–Kier alpha value is -1.28.